The first-order chi connectivity index (χ1) is 12.7. The van der Waals surface area contributed by atoms with Crippen molar-refractivity contribution in [1.29, 1.82) is 0 Å². The molecule has 3 unspecified atom stereocenters. The van der Waals surface area contributed by atoms with Gasteiger partial charge in [-0.1, -0.05) is 12.5 Å². The Labute approximate surface area is 157 Å². The highest BCUT2D eigenvalue weighted by Crippen LogP contribution is 2.45. The number of aromatic nitrogens is 1. The molecule has 0 spiro atoms. The third-order valence-electron chi connectivity index (χ3n) is 6.19. The lowest BCUT2D eigenvalue weighted by Crippen LogP contribution is -2.47. The van der Waals surface area contributed by atoms with Crippen LogP contribution in [-0.4, -0.2) is 39.7 Å². The number of hydrogen-bond donors (Lipinski definition) is 0. The fourth-order valence-electron chi connectivity index (χ4n) is 4.60. The summed E-state index contributed by atoms with van der Waals surface area (Å²) < 4.78 is 19.0. The van der Waals surface area contributed by atoms with Crippen molar-refractivity contribution in [2.24, 2.45) is 0 Å². The van der Waals surface area contributed by atoms with E-state index in [-0.39, 0.29) is 0 Å². The zero-order valence-corrected chi connectivity index (χ0v) is 15.9. The summed E-state index contributed by atoms with van der Waals surface area (Å²) in [5, 5.41) is 0.607. The molecule has 2 fully saturated rings. The maximum Gasteiger partial charge on any atom is 0.250 e. The number of aryl methyl sites for hydroxylation is 1. The van der Waals surface area contributed by atoms with E-state index >= 15 is 0 Å². The van der Waals surface area contributed by atoms with Gasteiger partial charge >= 0.3 is 0 Å². The number of benzene rings is 1. The van der Waals surface area contributed by atoms with Crippen LogP contribution in [0.2, 0.25) is 0 Å². The molecule has 3 heterocycles. The molecule has 3 atom stereocenters. The highest BCUT2D eigenvalue weighted by atomic mass is 32.2. The monoisotopic (exact) mass is 368 g/mol. The first kappa shape index (κ1) is 16.6. The molecule has 5 heteroatoms. The van der Waals surface area contributed by atoms with Crippen LogP contribution >= 0.6 is 0 Å². The van der Waals surface area contributed by atoms with Gasteiger partial charge in [0.25, 0.3) is 5.03 Å². The second-order valence-corrected chi connectivity index (χ2v) is 9.11. The number of nitrogens with zero attached hydrogens (tertiary/aromatic N) is 2. The normalized spacial score (nSPS) is 26.5. The summed E-state index contributed by atoms with van der Waals surface area (Å²) in [4.78, 5) is 7.86. The molecule has 2 aliphatic heterocycles. The molecule has 5 rings (SSSR count). The molecule has 0 amide bonds. The molecular weight excluding hydrogens is 344 g/mol. The van der Waals surface area contributed by atoms with Gasteiger partial charge in [-0.2, -0.15) is 0 Å². The minimum absolute atomic E-state index is 0.516. The van der Waals surface area contributed by atoms with Gasteiger partial charge in [-0.05, 0) is 56.5 Å². The Morgan fingerprint density at radius 1 is 1.19 bits per heavy atom. The largest absolute Gasteiger partial charge is 0.605 e. The third-order valence-corrected chi connectivity index (χ3v) is 7.48. The summed E-state index contributed by atoms with van der Waals surface area (Å²) in [5.41, 5.74) is 2.18. The van der Waals surface area contributed by atoms with Crippen LogP contribution in [0.25, 0.3) is 0 Å². The van der Waals surface area contributed by atoms with E-state index < -0.39 is 11.2 Å². The van der Waals surface area contributed by atoms with Gasteiger partial charge in [0.2, 0.25) is 0 Å². The number of hydrogen-bond acceptors (Lipinski definition) is 4. The summed E-state index contributed by atoms with van der Waals surface area (Å²) in [6, 6.07) is 13.0. The topological polar surface area (TPSA) is 48.4 Å². The Kier molecular flexibility index (Phi) is 4.18. The molecule has 1 aromatic carbocycles. The average molecular weight is 369 g/mol. The average Bonchev–Trinajstić information content (AvgIpc) is 3.03. The molecule has 2 aromatic rings. The molecule has 26 heavy (non-hydrogen) atoms. The van der Waals surface area contributed by atoms with Crippen LogP contribution in [0.15, 0.2) is 46.3 Å². The Bertz CT molecular complexity index is 823. The van der Waals surface area contributed by atoms with Gasteiger partial charge in [0, 0.05) is 41.0 Å². The number of likely N-dealkylation sites (tertiary alicyclic amines) is 1. The number of ether oxygens (including phenoxy) is 1. The zero-order valence-electron chi connectivity index (χ0n) is 15.1. The van der Waals surface area contributed by atoms with E-state index in [9.17, 15) is 4.55 Å². The number of rotatable bonds is 3. The lowest BCUT2D eigenvalue weighted by Gasteiger charge is -2.41. The van der Waals surface area contributed by atoms with Crippen LogP contribution in [0.5, 0.6) is 5.75 Å². The van der Waals surface area contributed by atoms with Gasteiger partial charge in [-0.3, -0.25) is 4.90 Å². The minimum Gasteiger partial charge on any atom is -0.605 e. The molecule has 1 saturated carbocycles. The molecule has 1 aromatic heterocycles. The fourth-order valence-corrected chi connectivity index (χ4v) is 5.68. The Morgan fingerprint density at radius 3 is 2.85 bits per heavy atom. The molecule has 1 saturated heterocycles. The van der Waals surface area contributed by atoms with Crippen molar-refractivity contribution in [3.05, 3.63) is 47.7 Å². The highest BCUT2D eigenvalue weighted by Gasteiger charge is 2.44. The standard InChI is InChI=1S/C21H24N2O2S/c1-14-4-2-7-21(22-14)26(24)16-8-9-18-17-10-11-23(15-5-3-6-15)19(17)13-25-20(18)12-16/h2,4,7-9,12,15,17,19H,3,5-6,10-11,13H2,1H3. The maximum atomic E-state index is 12.9. The van der Waals surface area contributed by atoms with Crippen LogP contribution in [0.4, 0.5) is 0 Å². The van der Waals surface area contributed by atoms with Crippen LogP contribution in [0.1, 0.15) is 42.9 Å². The van der Waals surface area contributed by atoms with Crippen LogP contribution in [0, 0.1) is 6.92 Å². The van der Waals surface area contributed by atoms with Gasteiger partial charge < -0.3 is 9.29 Å². The van der Waals surface area contributed by atoms with Crippen molar-refractivity contribution >= 4 is 11.2 Å². The van der Waals surface area contributed by atoms with E-state index in [1.165, 1.54) is 37.8 Å². The molecule has 136 valence electrons. The summed E-state index contributed by atoms with van der Waals surface area (Å²) >= 11 is -1.27. The highest BCUT2D eigenvalue weighted by molar-refractivity contribution is 7.91. The van der Waals surface area contributed by atoms with E-state index in [0.29, 0.717) is 17.0 Å². The first-order valence-electron chi connectivity index (χ1n) is 9.58. The molecule has 0 radical (unpaired) electrons. The minimum atomic E-state index is -1.27. The number of fused-ring (bicyclic) bond motifs is 3. The van der Waals surface area contributed by atoms with E-state index in [1.807, 2.05) is 37.3 Å². The maximum absolute atomic E-state index is 12.9. The molecule has 4 nitrogen and oxygen atoms in total. The van der Waals surface area contributed by atoms with Gasteiger partial charge in [0.05, 0.1) is 6.04 Å². The zero-order chi connectivity index (χ0) is 17.7. The van der Waals surface area contributed by atoms with E-state index in [2.05, 4.69) is 16.0 Å². The lowest BCUT2D eigenvalue weighted by molar-refractivity contribution is 0.0717. The summed E-state index contributed by atoms with van der Waals surface area (Å²) in [6.07, 6.45) is 5.27. The van der Waals surface area contributed by atoms with Gasteiger partial charge in [0.1, 0.15) is 12.4 Å². The van der Waals surface area contributed by atoms with Crippen molar-refractivity contribution in [3.63, 3.8) is 0 Å². The summed E-state index contributed by atoms with van der Waals surface area (Å²) in [5.74, 6) is 1.47. The molecule has 1 aliphatic carbocycles. The van der Waals surface area contributed by atoms with Crippen molar-refractivity contribution < 1.29 is 9.29 Å². The van der Waals surface area contributed by atoms with Gasteiger partial charge in [0.15, 0.2) is 4.90 Å². The molecule has 3 aliphatic rings. The van der Waals surface area contributed by atoms with Crippen molar-refractivity contribution in [2.45, 2.75) is 60.5 Å². The molecule has 0 bridgehead atoms. The van der Waals surface area contributed by atoms with Crippen LogP contribution in [0.3, 0.4) is 0 Å². The van der Waals surface area contributed by atoms with Crippen molar-refractivity contribution in [2.75, 3.05) is 13.2 Å². The predicted molar refractivity (Wildman–Crippen MR) is 101 cm³/mol. The predicted octanol–water partition coefficient (Wildman–Crippen LogP) is 3.66. The van der Waals surface area contributed by atoms with E-state index in [0.717, 1.165) is 29.0 Å². The fraction of sp³-hybridized carbons (Fsp3) is 0.476. The van der Waals surface area contributed by atoms with E-state index in [4.69, 9.17) is 4.74 Å². The Balaban J connectivity index is 1.41. The third kappa shape index (κ3) is 2.73. The second kappa shape index (κ2) is 6.55. The Hall–Kier alpha value is -1.56. The number of pyridine rings is 1. The summed E-state index contributed by atoms with van der Waals surface area (Å²) in [6.45, 7) is 3.86. The first-order valence-corrected chi connectivity index (χ1v) is 10.7. The Morgan fingerprint density at radius 2 is 2.08 bits per heavy atom. The van der Waals surface area contributed by atoms with Crippen molar-refractivity contribution in [1.82, 2.24) is 9.88 Å². The lowest BCUT2D eigenvalue weighted by atomic mass is 9.87. The van der Waals surface area contributed by atoms with Crippen LogP contribution < -0.4 is 4.74 Å². The van der Waals surface area contributed by atoms with Gasteiger partial charge in [-0.15, -0.1) is 0 Å². The van der Waals surface area contributed by atoms with Crippen molar-refractivity contribution in [3.8, 4) is 5.75 Å². The summed E-state index contributed by atoms with van der Waals surface area (Å²) in [7, 11) is 0. The molecule has 0 N–H and O–H groups in total. The molecular formula is C21H24N2O2S. The van der Waals surface area contributed by atoms with Crippen LogP contribution in [-0.2, 0) is 11.2 Å². The van der Waals surface area contributed by atoms with E-state index in [1.54, 1.807) is 0 Å². The second-order valence-electron chi connectivity index (χ2n) is 7.68. The quantitative estimate of drug-likeness (QED) is 0.776. The van der Waals surface area contributed by atoms with Gasteiger partial charge in [-0.25, -0.2) is 4.98 Å². The SMILES string of the molecule is Cc1cccc([S+]([O-])c2ccc3c(c2)OCC2C3CCN2C2CCC2)n1. The smallest absolute Gasteiger partial charge is 0.250 e.